The number of aromatic nitrogens is 2. The Kier molecular flexibility index (Phi) is 3.39. The summed E-state index contributed by atoms with van der Waals surface area (Å²) in [6.07, 6.45) is 7.61. The maximum absolute atomic E-state index is 12.1. The van der Waals surface area contributed by atoms with Crippen LogP contribution in [0.15, 0.2) is 12.4 Å². The lowest BCUT2D eigenvalue weighted by atomic mass is 9.79. The third kappa shape index (κ3) is 2.32. The van der Waals surface area contributed by atoms with Gasteiger partial charge in [-0.15, -0.1) is 0 Å². The summed E-state index contributed by atoms with van der Waals surface area (Å²) in [5.74, 6) is 1.06. The molecule has 0 amide bonds. The molecule has 4 nitrogen and oxygen atoms in total. The van der Waals surface area contributed by atoms with Gasteiger partial charge in [-0.05, 0) is 38.1 Å². The molecule has 16 heavy (non-hydrogen) atoms. The maximum Gasteiger partial charge on any atom is 0.169 e. The first-order valence-corrected chi connectivity index (χ1v) is 5.93. The molecule has 0 radical (unpaired) electrons. The molecule has 88 valence electrons. The van der Waals surface area contributed by atoms with Crippen molar-refractivity contribution in [3.63, 3.8) is 0 Å². The highest BCUT2D eigenvalue weighted by atomic mass is 16.1. The second-order valence-electron chi connectivity index (χ2n) is 4.72. The highest BCUT2D eigenvalue weighted by Gasteiger charge is 2.26. The van der Waals surface area contributed by atoms with E-state index in [0.29, 0.717) is 5.92 Å². The molecule has 1 aromatic rings. The Morgan fingerprint density at radius 3 is 2.69 bits per heavy atom. The number of aryl methyl sites for hydroxylation is 1. The summed E-state index contributed by atoms with van der Waals surface area (Å²) in [4.78, 5) is 12.1. The summed E-state index contributed by atoms with van der Waals surface area (Å²) in [7, 11) is 1.84. The molecule has 0 spiro atoms. The maximum atomic E-state index is 12.1. The number of Topliss-reactive ketones (excluding diaryl/α,β-unsaturated/α-hetero) is 1. The van der Waals surface area contributed by atoms with Crippen LogP contribution in [0, 0.1) is 11.8 Å². The Labute approximate surface area is 95.8 Å². The third-order valence-electron chi connectivity index (χ3n) is 3.54. The lowest BCUT2D eigenvalue weighted by Gasteiger charge is -2.26. The molecule has 4 heteroatoms. The van der Waals surface area contributed by atoms with Crippen LogP contribution >= 0.6 is 0 Å². The second kappa shape index (κ2) is 4.78. The zero-order valence-electron chi connectivity index (χ0n) is 9.72. The lowest BCUT2D eigenvalue weighted by Crippen LogP contribution is -2.25. The highest BCUT2D eigenvalue weighted by Crippen LogP contribution is 2.30. The molecule has 0 atom stereocenters. The molecule has 1 aliphatic rings. The quantitative estimate of drug-likeness (QED) is 0.784. The van der Waals surface area contributed by atoms with E-state index in [1.807, 2.05) is 7.05 Å². The summed E-state index contributed by atoms with van der Waals surface area (Å²) in [6.45, 7) is 0.758. The van der Waals surface area contributed by atoms with E-state index in [0.717, 1.165) is 37.8 Å². The number of hydrogen-bond acceptors (Lipinski definition) is 3. The normalized spacial score (nSPS) is 25.6. The van der Waals surface area contributed by atoms with Gasteiger partial charge in [0.15, 0.2) is 5.78 Å². The highest BCUT2D eigenvalue weighted by molar-refractivity contribution is 5.97. The van der Waals surface area contributed by atoms with Gasteiger partial charge in [0.05, 0.1) is 11.8 Å². The molecule has 0 saturated heterocycles. The molecule has 2 rings (SSSR count). The molecule has 2 N–H and O–H groups in total. The minimum Gasteiger partial charge on any atom is -0.330 e. The summed E-state index contributed by atoms with van der Waals surface area (Å²) in [5, 5.41) is 4.04. The minimum atomic E-state index is 0.187. The third-order valence-corrected chi connectivity index (χ3v) is 3.54. The topological polar surface area (TPSA) is 60.9 Å². The predicted octanol–water partition coefficient (Wildman–Crippen LogP) is 1.37. The van der Waals surface area contributed by atoms with Crippen LogP contribution in [0.2, 0.25) is 0 Å². The molecule has 1 saturated carbocycles. The van der Waals surface area contributed by atoms with Gasteiger partial charge < -0.3 is 5.73 Å². The van der Waals surface area contributed by atoms with Crippen LogP contribution in [0.4, 0.5) is 0 Å². The van der Waals surface area contributed by atoms with Gasteiger partial charge in [-0.3, -0.25) is 9.48 Å². The van der Waals surface area contributed by atoms with Crippen molar-refractivity contribution in [2.24, 2.45) is 24.6 Å². The number of hydrogen-bond donors (Lipinski definition) is 1. The van der Waals surface area contributed by atoms with E-state index < -0.39 is 0 Å². The second-order valence-corrected chi connectivity index (χ2v) is 4.72. The van der Waals surface area contributed by atoms with Gasteiger partial charge in [-0.25, -0.2) is 0 Å². The first-order valence-electron chi connectivity index (χ1n) is 5.93. The monoisotopic (exact) mass is 221 g/mol. The van der Waals surface area contributed by atoms with E-state index in [2.05, 4.69) is 5.10 Å². The van der Waals surface area contributed by atoms with Gasteiger partial charge in [0.25, 0.3) is 0 Å². The number of carbonyl (C=O) groups is 1. The van der Waals surface area contributed by atoms with Gasteiger partial charge in [0, 0.05) is 19.2 Å². The van der Waals surface area contributed by atoms with Gasteiger partial charge in [0.2, 0.25) is 0 Å². The van der Waals surface area contributed by atoms with Crippen molar-refractivity contribution in [2.75, 3.05) is 6.54 Å². The SMILES string of the molecule is Cn1cc(C(=O)C2CCC(CN)CC2)cn1. The van der Waals surface area contributed by atoms with Crippen LogP contribution in [-0.4, -0.2) is 22.1 Å². The van der Waals surface area contributed by atoms with E-state index in [1.165, 1.54) is 0 Å². The standard InChI is InChI=1S/C12H19N3O/c1-15-8-11(7-14-15)12(16)10-4-2-9(6-13)3-5-10/h7-10H,2-6,13H2,1H3. The Balaban J connectivity index is 1.96. The molecule has 1 aliphatic carbocycles. The molecule has 0 bridgehead atoms. The van der Waals surface area contributed by atoms with E-state index in [1.54, 1.807) is 17.1 Å². The van der Waals surface area contributed by atoms with Gasteiger partial charge >= 0.3 is 0 Å². The smallest absolute Gasteiger partial charge is 0.169 e. The van der Waals surface area contributed by atoms with E-state index >= 15 is 0 Å². The summed E-state index contributed by atoms with van der Waals surface area (Å²) < 4.78 is 1.68. The Hall–Kier alpha value is -1.16. The largest absolute Gasteiger partial charge is 0.330 e. The number of rotatable bonds is 3. The average Bonchev–Trinajstić information content (AvgIpc) is 2.75. The number of carbonyl (C=O) groups excluding carboxylic acids is 1. The van der Waals surface area contributed by atoms with Crippen molar-refractivity contribution in [2.45, 2.75) is 25.7 Å². The zero-order chi connectivity index (χ0) is 11.5. The van der Waals surface area contributed by atoms with Crippen LogP contribution in [0.25, 0.3) is 0 Å². The fourth-order valence-corrected chi connectivity index (χ4v) is 2.44. The minimum absolute atomic E-state index is 0.187. The predicted molar refractivity (Wildman–Crippen MR) is 62.0 cm³/mol. The Morgan fingerprint density at radius 2 is 2.19 bits per heavy atom. The summed E-state index contributed by atoms with van der Waals surface area (Å²) >= 11 is 0. The molecule has 0 aromatic carbocycles. The van der Waals surface area contributed by atoms with Crippen molar-refractivity contribution < 1.29 is 4.79 Å². The number of nitrogens with two attached hydrogens (primary N) is 1. The Bertz CT molecular complexity index is 364. The van der Waals surface area contributed by atoms with Crippen LogP contribution in [0.3, 0.4) is 0 Å². The first-order chi connectivity index (χ1) is 7.70. The van der Waals surface area contributed by atoms with Crippen LogP contribution < -0.4 is 5.73 Å². The number of ketones is 1. The van der Waals surface area contributed by atoms with Crippen molar-refractivity contribution >= 4 is 5.78 Å². The van der Waals surface area contributed by atoms with Crippen LogP contribution in [-0.2, 0) is 7.05 Å². The van der Waals surface area contributed by atoms with Crippen molar-refractivity contribution in [1.82, 2.24) is 9.78 Å². The fourth-order valence-electron chi connectivity index (χ4n) is 2.44. The Morgan fingerprint density at radius 1 is 1.50 bits per heavy atom. The number of nitrogens with zero attached hydrogens (tertiary/aromatic N) is 2. The van der Waals surface area contributed by atoms with E-state index in [4.69, 9.17) is 5.73 Å². The molecular weight excluding hydrogens is 202 g/mol. The van der Waals surface area contributed by atoms with Crippen LogP contribution in [0.5, 0.6) is 0 Å². The molecule has 0 aliphatic heterocycles. The van der Waals surface area contributed by atoms with Crippen molar-refractivity contribution in [3.8, 4) is 0 Å². The van der Waals surface area contributed by atoms with Gasteiger partial charge in [-0.2, -0.15) is 5.10 Å². The zero-order valence-corrected chi connectivity index (χ0v) is 9.72. The molecular formula is C12H19N3O. The first kappa shape index (κ1) is 11.3. The molecule has 1 aromatic heterocycles. The van der Waals surface area contributed by atoms with Crippen molar-refractivity contribution in [1.29, 1.82) is 0 Å². The molecule has 0 unspecified atom stereocenters. The van der Waals surface area contributed by atoms with E-state index in [-0.39, 0.29) is 11.7 Å². The lowest BCUT2D eigenvalue weighted by molar-refractivity contribution is 0.0873. The summed E-state index contributed by atoms with van der Waals surface area (Å²) in [5.41, 5.74) is 6.39. The van der Waals surface area contributed by atoms with Gasteiger partial charge in [0.1, 0.15) is 0 Å². The van der Waals surface area contributed by atoms with E-state index in [9.17, 15) is 4.79 Å². The fraction of sp³-hybridized carbons (Fsp3) is 0.667. The molecule has 1 fully saturated rings. The van der Waals surface area contributed by atoms with Crippen LogP contribution in [0.1, 0.15) is 36.0 Å². The molecule has 1 heterocycles. The van der Waals surface area contributed by atoms with Crippen molar-refractivity contribution in [3.05, 3.63) is 18.0 Å². The average molecular weight is 221 g/mol. The van der Waals surface area contributed by atoms with Gasteiger partial charge in [-0.1, -0.05) is 0 Å². The summed E-state index contributed by atoms with van der Waals surface area (Å²) in [6, 6.07) is 0.